The molecule has 0 radical (unpaired) electrons. The number of aliphatic imine (C=N–C) groups is 1. The van der Waals surface area contributed by atoms with E-state index in [0.29, 0.717) is 16.8 Å². The van der Waals surface area contributed by atoms with E-state index < -0.39 is 40.8 Å². The fraction of sp³-hybridized carbons (Fsp3) is 0.381. The van der Waals surface area contributed by atoms with Crippen molar-refractivity contribution in [2.24, 2.45) is 4.99 Å². The van der Waals surface area contributed by atoms with Crippen LogP contribution in [0.1, 0.15) is 11.1 Å². The van der Waals surface area contributed by atoms with Crippen molar-refractivity contribution in [1.29, 1.82) is 0 Å². The Morgan fingerprint density at radius 1 is 0.839 bits per heavy atom. The van der Waals surface area contributed by atoms with Gasteiger partial charge in [0.25, 0.3) is 0 Å². The van der Waals surface area contributed by atoms with Gasteiger partial charge >= 0.3 is 29.5 Å². The van der Waals surface area contributed by atoms with Gasteiger partial charge in [0.1, 0.15) is 5.71 Å². The molecule has 0 amide bonds. The summed E-state index contributed by atoms with van der Waals surface area (Å²) in [6.07, 6.45) is 0.734. The number of esters is 4. The highest BCUT2D eigenvalue weighted by Gasteiger charge is 2.56. The van der Waals surface area contributed by atoms with Crippen molar-refractivity contribution in [1.82, 2.24) is 0 Å². The van der Waals surface area contributed by atoms with Gasteiger partial charge in [-0.2, -0.15) is 0 Å². The molecule has 168 valence electrons. The number of rotatable bonds is 8. The van der Waals surface area contributed by atoms with Crippen LogP contribution in [0.5, 0.6) is 0 Å². The first kappa shape index (κ1) is 25.5. The zero-order chi connectivity index (χ0) is 23.8. The number of carbonyl (C=O) groups is 4. The SMILES string of the molecule is COC(=O)/C=C(\C(=O)OC)C(=Nc1c(C)cccc1C)C(OC)(C(=O)OC)C(=O)OC. The maximum atomic E-state index is 12.8. The van der Waals surface area contributed by atoms with E-state index in [1.54, 1.807) is 32.0 Å². The summed E-state index contributed by atoms with van der Waals surface area (Å²) in [6.45, 7) is 3.46. The van der Waals surface area contributed by atoms with Crippen molar-refractivity contribution in [3.63, 3.8) is 0 Å². The lowest BCUT2D eigenvalue weighted by Crippen LogP contribution is -2.57. The molecule has 0 aliphatic carbocycles. The van der Waals surface area contributed by atoms with Crippen LogP contribution in [0, 0.1) is 13.8 Å². The van der Waals surface area contributed by atoms with Crippen LogP contribution in [0.3, 0.4) is 0 Å². The van der Waals surface area contributed by atoms with Gasteiger partial charge in [0, 0.05) is 13.2 Å². The summed E-state index contributed by atoms with van der Waals surface area (Å²) >= 11 is 0. The van der Waals surface area contributed by atoms with E-state index >= 15 is 0 Å². The highest BCUT2D eigenvalue weighted by Crippen LogP contribution is 2.30. The van der Waals surface area contributed by atoms with Crippen molar-refractivity contribution in [2.45, 2.75) is 19.4 Å². The molecule has 0 aliphatic rings. The molecule has 31 heavy (non-hydrogen) atoms. The summed E-state index contributed by atoms with van der Waals surface area (Å²) < 4.78 is 24.1. The van der Waals surface area contributed by atoms with Gasteiger partial charge in [0.05, 0.1) is 39.7 Å². The molecule has 0 bridgehead atoms. The van der Waals surface area contributed by atoms with E-state index in [0.717, 1.165) is 41.6 Å². The molecule has 0 heterocycles. The van der Waals surface area contributed by atoms with Crippen LogP contribution in [0.25, 0.3) is 0 Å². The van der Waals surface area contributed by atoms with Crippen molar-refractivity contribution >= 4 is 35.3 Å². The number of nitrogens with zero attached hydrogens (tertiary/aromatic N) is 1. The first-order chi connectivity index (χ1) is 14.6. The van der Waals surface area contributed by atoms with Gasteiger partial charge in [0.2, 0.25) is 0 Å². The molecule has 0 N–H and O–H groups in total. The van der Waals surface area contributed by atoms with E-state index in [-0.39, 0.29) is 0 Å². The predicted octanol–water partition coefficient (Wildman–Crippen LogP) is 1.38. The summed E-state index contributed by atoms with van der Waals surface area (Å²) in [5.41, 5.74) is -2.14. The summed E-state index contributed by atoms with van der Waals surface area (Å²) in [5.74, 6) is -4.50. The third-order valence-corrected chi connectivity index (χ3v) is 4.37. The highest BCUT2D eigenvalue weighted by molar-refractivity contribution is 6.38. The Morgan fingerprint density at radius 2 is 1.35 bits per heavy atom. The number of aryl methyl sites for hydroxylation is 2. The average molecular weight is 435 g/mol. The van der Waals surface area contributed by atoms with Gasteiger partial charge in [-0.05, 0) is 25.0 Å². The maximum Gasteiger partial charge on any atom is 0.356 e. The summed E-state index contributed by atoms with van der Waals surface area (Å²) in [7, 11) is 5.19. The maximum absolute atomic E-state index is 12.8. The molecule has 0 spiro atoms. The third-order valence-electron chi connectivity index (χ3n) is 4.37. The lowest BCUT2D eigenvalue weighted by atomic mass is 9.90. The third kappa shape index (κ3) is 5.15. The number of benzene rings is 1. The van der Waals surface area contributed by atoms with Gasteiger partial charge in [-0.25, -0.2) is 24.2 Å². The Labute approximate surface area is 179 Å². The van der Waals surface area contributed by atoms with Crippen LogP contribution >= 0.6 is 0 Å². The van der Waals surface area contributed by atoms with Crippen LogP contribution in [0.4, 0.5) is 5.69 Å². The second kappa shape index (κ2) is 11.0. The fourth-order valence-corrected chi connectivity index (χ4v) is 2.76. The summed E-state index contributed by atoms with van der Waals surface area (Å²) in [4.78, 5) is 54.6. The normalized spacial score (nSPS) is 12.1. The van der Waals surface area contributed by atoms with E-state index in [4.69, 9.17) is 18.9 Å². The van der Waals surface area contributed by atoms with Gasteiger partial charge < -0.3 is 23.7 Å². The van der Waals surface area contributed by atoms with Crippen LogP contribution < -0.4 is 0 Å². The molecule has 0 aliphatic heterocycles. The highest BCUT2D eigenvalue weighted by atomic mass is 16.6. The van der Waals surface area contributed by atoms with Gasteiger partial charge in [-0.1, -0.05) is 18.2 Å². The molecular formula is C21H25NO9. The van der Waals surface area contributed by atoms with E-state index in [1.165, 1.54) is 0 Å². The minimum absolute atomic E-state index is 0.325. The molecule has 1 aromatic carbocycles. The number of ether oxygens (including phenoxy) is 5. The van der Waals surface area contributed by atoms with Crippen LogP contribution in [-0.4, -0.2) is 70.7 Å². The predicted molar refractivity (Wildman–Crippen MR) is 109 cm³/mol. The number of hydrogen-bond donors (Lipinski definition) is 0. The Hall–Kier alpha value is -3.53. The zero-order valence-corrected chi connectivity index (χ0v) is 18.4. The second-order valence-corrected chi connectivity index (χ2v) is 6.14. The quantitative estimate of drug-likeness (QED) is 0.196. The molecule has 1 aromatic rings. The Bertz CT molecular complexity index is 895. The average Bonchev–Trinajstić information content (AvgIpc) is 2.78. The molecule has 0 unspecified atom stereocenters. The molecule has 0 saturated carbocycles. The van der Waals surface area contributed by atoms with Crippen LogP contribution in [-0.2, 0) is 42.9 Å². The molecule has 0 fully saturated rings. The molecule has 10 heteroatoms. The standard InChI is InChI=1S/C21H25NO9/c1-12-9-8-10-13(2)16(12)22-17(14(18(24)28-4)11-15(23)27-3)21(31-7,19(25)29-5)20(26)30-6/h8-11H,1-7H3/b14-11-,22-17?. The topological polar surface area (TPSA) is 127 Å². The lowest BCUT2D eigenvalue weighted by molar-refractivity contribution is -0.174. The Kier molecular flexibility index (Phi) is 9.07. The number of carbonyl (C=O) groups excluding carboxylic acids is 4. The van der Waals surface area contributed by atoms with E-state index in [2.05, 4.69) is 9.73 Å². The van der Waals surface area contributed by atoms with Gasteiger partial charge in [0.15, 0.2) is 0 Å². The van der Waals surface area contributed by atoms with Gasteiger partial charge in [-0.15, -0.1) is 0 Å². The number of methoxy groups -OCH3 is 5. The molecule has 0 aromatic heterocycles. The van der Waals surface area contributed by atoms with Crippen LogP contribution in [0.2, 0.25) is 0 Å². The van der Waals surface area contributed by atoms with Gasteiger partial charge in [-0.3, -0.25) is 0 Å². The number of hydrogen-bond acceptors (Lipinski definition) is 10. The molecule has 1 rings (SSSR count). The minimum atomic E-state index is -2.65. The molecule has 0 saturated heterocycles. The summed E-state index contributed by atoms with van der Waals surface area (Å²) in [6, 6.07) is 5.24. The minimum Gasteiger partial charge on any atom is -0.466 e. The zero-order valence-electron chi connectivity index (χ0n) is 18.4. The van der Waals surface area contributed by atoms with Crippen molar-refractivity contribution in [3.05, 3.63) is 41.0 Å². The first-order valence-electron chi connectivity index (χ1n) is 8.90. The lowest BCUT2D eigenvalue weighted by Gasteiger charge is -2.29. The monoisotopic (exact) mass is 435 g/mol. The van der Waals surface area contributed by atoms with Crippen molar-refractivity contribution < 1.29 is 42.9 Å². The molecule has 10 nitrogen and oxygen atoms in total. The molecular weight excluding hydrogens is 410 g/mol. The van der Waals surface area contributed by atoms with Crippen LogP contribution in [0.15, 0.2) is 34.8 Å². The van der Waals surface area contributed by atoms with E-state index in [9.17, 15) is 19.2 Å². The second-order valence-electron chi connectivity index (χ2n) is 6.14. The van der Waals surface area contributed by atoms with Crippen molar-refractivity contribution in [3.8, 4) is 0 Å². The molecule has 0 atom stereocenters. The Balaban J connectivity index is 4.19. The number of para-hydroxylation sites is 1. The largest absolute Gasteiger partial charge is 0.466 e. The Morgan fingerprint density at radius 3 is 1.74 bits per heavy atom. The smallest absolute Gasteiger partial charge is 0.356 e. The van der Waals surface area contributed by atoms with Crippen molar-refractivity contribution in [2.75, 3.05) is 35.5 Å². The summed E-state index contributed by atoms with van der Waals surface area (Å²) in [5, 5.41) is 0. The van der Waals surface area contributed by atoms with E-state index in [1.807, 2.05) is 0 Å². The fourth-order valence-electron chi connectivity index (χ4n) is 2.76. The first-order valence-corrected chi connectivity index (χ1v) is 8.90.